The Bertz CT molecular complexity index is 726. The third-order valence-corrected chi connectivity index (χ3v) is 3.31. The molecule has 0 saturated carbocycles. The number of benzene rings is 1. The van der Waals surface area contributed by atoms with E-state index < -0.39 is 28.7 Å². The Labute approximate surface area is 115 Å². The summed E-state index contributed by atoms with van der Waals surface area (Å²) in [5, 5.41) is 10.1. The van der Waals surface area contributed by atoms with Crippen LogP contribution in [0.3, 0.4) is 0 Å². The number of H-pyrrole nitrogens is 1. The van der Waals surface area contributed by atoms with Crippen LogP contribution in [-0.4, -0.2) is 22.7 Å². The van der Waals surface area contributed by atoms with Crippen LogP contribution in [0.15, 0.2) is 21.4 Å². The molecule has 19 heavy (non-hydrogen) atoms. The molecule has 5 nitrogen and oxygen atoms in total. The fraction of sp³-hybridized carbons (Fsp3) is 0.167. The Morgan fingerprint density at radius 1 is 1.53 bits per heavy atom. The number of pyridine rings is 1. The number of rotatable bonds is 2. The summed E-state index contributed by atoms with van der Waals surface area (Å²) >= 11 is 2.97. The highest BCUT2D eigenvalue weighted by Crippen LogP contribution is 2.31. The Kier molecular flexibility index (Phi) is 3.57. The monoisotopic (exact) mass is 329 g/mol. The van der Waals surface area contributed by atoms with E-state index in [-0.39, 0.29) is 22.0 Å². The molecule has 0 unspecified atom stereocenters. The van der Waals surface area contributed by atoms with E-state index in [0.717, 1.165) is 6.07 Å². The molecule has 2 rings (SSSR count). The van der Waals surface area contributed by atoms with Crippen LogP contribution >= 0.6 is 15.9 Å². The van der Waals surface area contributed by atoms with Crippen molar-refractivity contribution in [1.29, 1.82) is 0 Å². The van der Waals surface area contributed by atoms with Crippen molar-refractivity contribution >= 4 is 32.8 Å². The van der Waals surface area contributed by atoms with Crippen LogP contribution in [0.2, 0.25) is 0 Å². The van der Waals surface area contributed by atoms with Gasteiger partial charge in [-0.05, 0) is 35.0 Å². The van der Waals surface area contributed by atoms with Gasteiger partial charge in [0.05, 0.1) is 16.6 Å². The number of nitrogens with one attached hydrogen (secondary N) is 1. The summed E-state index contributed by atoms with van der Waals surface area (Å²) in [4.78, 5) is 25.7. The number of aromatic hydroxyl groups is 1. The van der Waals surface area contributed by atoms with E-state index in [0.29, 0.717) is 0 Å². The lowest BCUT2D eigenvalue weighted by Crippen LogP contribution is -2.20. The van der Waals surface area contributed by atoms with E-state index in [9.17, 15) is 19.1 Å². The Hall–Kier alpha value is -1.89. The number of esters is 1. The number of fused-ring (bicyclic) bond motifs is 1. The number of carbonyl (C=O) groups is 1. The van der Waals surface area contributed by atoms with Gasteiger partial charge < -0.3 is 14.8 Å². The molecular formula is C12H9BrFNO4. The van der Waals surface area contributed by atoms with Gasteiger partial charge in [0, 0.05) is 5.39 Å². The van der Waals surface area contributed by atoms with Gasteiger partial charge in [0.2, 0.25) is 0 Å². The lowest BCUT2D eigenvalue weighted by atomic mass is 10.1. The summed E-state index contributed by atoms with van der Waals surface area (Å²) in [6.07, 6.45) is 0. The first kappa shape index (κ1) is 13.5. The molecule has 100 valence electrons. The van der Waals surface area contributed by atoms with Crippen LogP contribution in [-0.2, 0) is 4.74 Å². The molecule has 0 bridgehead atoms. The fourth-order valence-electron chi connectivity index (χ4n) is 1.68. The lowest BCUT2D eigenvalue weighted by Gasteiger charge is -2.08. The van der Waals surface area contributed by atoms with E-state index in [1.165, 1.54) is 6.07 Å². The van der Waals surface area contributed by atoms with E-state index >= 15 is 0 Å². The van der Waals surface area contributed by atoms with Crippen LogP contribution in [0.1, 0.15) is 17.3 Å². The van der Waals surface area contributed by atoms with Crippen LogP contribution in [0.5, 0.6) is 5.75 Å². The van der Waals surface area contributed by atoms with Crippen LogP contribution in [0.25, 0.3) is 10.9 Å². The molecule has 0 spiro atoms. The first-order valence-electron chi connectivity index (χ1n) is 5.37. The van der Waals surface area contributed by atoms with Crippen molar-refractivity contribution in [2.24, 2.45) is 0 Å². The van der Waals surface area contributed by atoms with E-state index in [1.54, 1.807) is 6.92 Å². The average Bonchev–Trinajstić information content (AvgIpc) is 2.35. The maximum atomic E-state index is 13.3. The van der Waals surface area contributed by atoms with Crippen molar-refractivity contribution in [3.8, 4) is 5.75 Å². The molecule has 2 N–H and O–H groups in total. The number of hydrogen-bond acceptors (Lipinski definition) is 4. The zero-order chi connectivity index (χ0) is 14.2. The molecule has 0 aliphatic carbocycles. The quantitative estimate of drug-likeness (QED) is 0.828. The molecule has 1 aromatic heterocycles. The summed E-state index contributed by atoms with van der Waals surface area (Å²) in [6.45, 7) is 1.65. The normalized spacial score (nSPS) is 10.7. The Morgan fingerprint density at radius 3 is 2.84 bits per heavy atom. The van der Waals surface area contributed by atoms with Gasteiger partial charge in [0.25, 0.3) is 5.56 Å². The minimum absolute atomic E-state index is 0.00723. The van der Waals surface area contributed by atoms with E-state index in [1.807, 2.05) is 0 Å². The van der Waals surface area contributed by atoms with Gasteiger partial charge >= 0.3 is 5.97 Å². The highest BCUT2D eigenvalue weighted by Gasteiger charge is 2.21. The minimum atomic E-state index is -0.927. The van der Waals surface area contributed by atoms with Crippen LogP contribution in [0.4, 0.5) is 4.39 Å². The maximum Gasteiger partial charge on any atom is 0.347 e. The predicted octanol–water partition coefficient (Wildman–Crippen LogP) is 2.31. The summed E-state index contributed by atoms with van der Waals surface area (Å²) in [6, 6.07) is 2.38. The number of carbonyl (C=O) groups excluding carboxylic acids is 1. The van der Waals surface area contributed by atoms with Gasteiger partial charge in [-0.1, -0.05) is 0 Å². The number of aromatic amines is 1. The molecular weight excluding hydrogens is 321 g/mol. The second-order valence-electron chi connectivity index (χ2n) is 3.68. The van der Waals surface area contributed by atoms with Crippen molar-refractivity contribution < 1.29 is 19.0 Å². The number of halogens is 2. The second-order valence-corrected chi connectivity index (χ2v) is 4.48. The van der Waals surface area contributed by atoms with Crippen LogP contribution < -0.4 is 5.56 Å². The Balaban J connectivity index is 2.81. The smallest absolute Gasteiger partial charge is 0.347 e. The largest absolute Gasteiger partial charge is 0.506 e. The third-order valence-electron chi connectivity index (χ3n) is 2.53. The third kappa shape index (κ3) is 2.21. The standard InChI is InChI=1S/C12H9BrFNO4/c1-2-19-12(18)7-10(16)5-3-4-6(14)8(13)9(5)15-11(7)17/h3-4H,2H2,1H3,(H2,15,16,17). The van der Waals surface area contributed by atoms with Crippen molar-refractivity contribution in [3.63, 3.8) is 0 Å². The highest BCUT2D eigenvalue weighted by atomic mass is 79.9. The summed E-state index contributed by atoms with van der Waals surface area (Å²) in [5.41, 5.74) is -1.25. The molecule has 7 heteroatoms. The molecule has 0 atom stereocenters. The van der Waals surface area contributed by atoms with Crippen LogP contribution in [0, 0.1) is 5.82 Å². The minimum Gasteiger partial charge on any atom is -0.506 e. The zero-order valence-corrected chi connectivity index (χ0v) is 11.4. The maximum absolute atomic E-state index is 13.3. The molecule has 0 amide bonds. The molecule has 1 heterocycles. The first-order valence-corrected chi connectivity index (χ1v) is 6.16. The van der Waals surface area contributed by atoms with Gasteiger partial charge in [-0.2, -0.15) is 0 Å². The molecule has 0 fully saturated rings. The number of aromatic nitrogens is 1. The van der Waals surface area contributed by atoms with Crippen molar-refractivity contribution in [2.75, 3.05) is 6.61 Å². The Morgan fingerprint density at radius 2 is 2.21 bits per heavy atom. The summed E-state index contributed by atoms with van der Waals surface area (Å²) in [7, 11) is 0. The molecule has 1 aromatic carbocycles. The summed E-state index contributed by atoms with van der Waals surface area (Å²) < 4.78 is 18.0. The fourth-order valence-corrected chi connectivity index (χ4v) is 2.13. The molecule has 0 aliphatic heterocycles. The van der Waals surface area contributed by atoms with Gasteiger partial charge in [-0.15, -0.1) is 0 Å². The van der Waals surface area contributed by atoms with Gasteiger partial charge in [0.1, 0.15) is 11.6 Å². The van der Waals surface area contributed by atoms with Gasteiger partial charge in [-0.25, -0.2) is 9.18 Å². The zero-order valence-electron chi connectivity index (χ0n) is 9.79. The lowest BCUT2D eigenvalue weighted by molar-refractivity contribution is 0.0521. The molecule has 0 radical (unpaired) electrons. The topological polar surface area (TPSA) is 79.4 Å². The van der Waals surface area contributed by atoms with Crippen molar-refractivity contribution in [1.82, 2.24) is 4.98 Å². The van der Waals surface area contributed by atoms with Gasteiger partial charge in [0.15, 0.2) is 5.56 Å². The average molecular weight is 330 g/mol. The predicted molar refractivity (Wildman–Crippen MR) is 69.8 cm³/mol. The van der Waals surface area contributed by atoms with E-state index in [2.05, 4.69) is 25.7 Å². The molecule has 0 aliphatic rings. The number of hydrogen-bond donors (Lipinski definition) is 2. The van der Waals surface area contributed by atoms with Crippen molar-refractivity contribution in [3.05, 3.63) is 38.3 Å². The molecule has 0 saturated heterocycles. The summed E-state index contributed by atoms with van der Waals surface area (Å²) in [5.74, 6) is -2.05. The van der Waals surface area contributed by atoms with E-state index in [4.69, 9.17) is 0 Å². The number of ether oxygens (including phenoxy) is 1. The second kappa shape index (κ2) is 5.00. The highest BCUT2D eigenvalue weighted by molar-refractivity contribution is 9.10. The van der Waals surface area contributed by atoms with Gasteiger partial charge in [-0.3, -0.25) is 4.79 Å². The van der Waals surface area contributed by atoms with Crippen molar-refractivity contribution in [2.45, 2.75) is 6.92 Å². The SMILES string of the molecule is CCOC(=O)c1c(O)c2ccc(F)c(Br)c2[nH]c1=O. The molecule has 2 aromatic rings. The first-order chi connectivity index (χ1) is 8.97.